The molecule has 1 aliphatic rings. The lowest BCUT2D eigenvalue weighted by Crippen LogP contribution is -2.36. The molecule has 21 heavy (non-hydrogen) atoms. The molecule has 3 rings (SSSR count). The van der Waals surface area contributed by atoms with E-state index in [0.29, 0.717) is 0 Å². The zero-order valence-electron chi connectivity index (χ0n) is 11.8. The van der Waals surface area contributed by atoms with Crippen molar-refractivity contribution in [2.75, 3.05) is 0 Å². The van der Waals surface area contributed by atoms with E-state index >= 15 is 0 Å². The first-order chi connectivity index (χ1) is 10.1. The van der Waals surface area contributed by atoms with E-state index in [0.717, 1.165) is 28.4 Å². The van der Waals surface area contributed by atoms with Crippen molar-refractivity contribution in [2.24, 2.45) is 0 Å². The van der Waals surface area contributed by atoms with Crippen molar-refractivity contribution in [2.45, 2.75) is 31.2 Å². The fraction of sp³-hybridized carbons (Fsp3) is 0.294. The van der Waals surface area contributed by atoms with Crippen LogP contribution in [0.25, 0.3) is 0 Å². The summed E-state index contributed by atoms with van der Waals surface area (Å²) in [7, 11) is 0. The molecule has 0 radical (unpaired) electrons. The predicted octanol–water partition coefficient (Wildman–Crippen LogP) is 3.75. The number of nitrogens with zero attached hydrogens (tertiary/aromatic N) is 1. The van der Waals surface area contributed by atoms with Gasteiger partial charge >= 0.3 is 0 Å². The lowest BCUT2D eigenvalue weighted by atomic mass is 9.94. The second kappa shape index (κ2) is 5.60. The van der Waals surface area contributed by atoms with Crippen LogP contribution in [0.5, 0.6) is 0 Å². The first-order valence-electron chi connectivity index (χ1n) is 7.09. The number of carbonyl (C=O) groups excluding carboxylic acids is 1. The van der Waals surface area contributed by atoms with Crippen molar-refractivity contribution in [3.8, 4) is 0 Å². The van der Waals surface area contributed by atoms with Crippen LogP contribution in [0.4, 0.5) is 0 Å². The molecular formula is C17H17BrN2O. The van der Waals surface area contributed by atoms with E-state index in [-0.39, 0.29) is 17.4 Å². The number of amides is 1. The van der Waals surface area contributed by atoms with Crippen LogP contribution in [0, 0.1) is 0 Å². The van der Waals surface area contributed by atoms with Crippen LogP contribution in [0.1, 0.15) is 36.9 Å². The zero-order chi connectivity index (χ0) is 14.9. The van der Waals surface area contributed by atoms with Gasteiger partial charge in [-0.2, -0.15) is 0 Å². The van der Waals surface area contributed by atoms with Crippen molar-refractivity contribution in [1.29, 1.82) is 0 Å². The van der Waals surface area contributed by atoms with E-state index in [2.05, 4.69) is 26.2 Å². The van der Waals surface area contributed by atoms with Gasteiger partial charge in [0.2, 0.25) is 5.91 Å². The van der Waals surface area contributed by atoms with Gasteiger partial charge in [-0.1, -0.05) is 28.1 Å². The van der Waals surface area contributed by atoms with Crippen molar-refractivity contribution < 1.29 is 4.79 Å². The summed E-state index contributed by atoms with van der Waals surface area (Å²) in [6, 6.07) is 11.9. The molecule has 3 nitrogen and oxygen atoms in total. The minimum Gasteiger partial charge on any atom is -0.349 e. The molecule has 0 bridgehead atoms. The van der Waals surface area contributed by atoms with Crippen molar-refractivity contribution in [1.82, 2.24) is 10.3 Å². The van der Waals surface area contributed by atoms with E-state index in [1.54, 1.807) is 12.4 Å². The van der Waals surface area contributed by atoms with Crippen molar-refractivity contribution in [3.05, 3.63) is 64.4 Å². The Morgan fingerprint density at radius 2 is 1.81 bits per heavy atom. The molecule has 4 heteroatoms. The van der Waals surface area contributed by atoms with Gasteiger partial charge in [-0.15, -0.1) is 0 Å². The number of hydrogen-bond acceptors (Lipinski definition) is 2. The number of benzene rings is 1. The van der Waals surface area contributed by atoms with Crippen LogP contribution in [-0.4, -0.2) is 10.9 Å². The Balaban J connectivity index is 1.75. The van der Waals surface area contributed by atoms with E-state index in [9.17, 15) is 4.79 Å². The third kappa shape index (κ3) is 2.86. The highest BCUT2D eigenvalue weighted by molar-refractivity contribution is 9.10. The fourth-order valence-corrected chi connectivity index (χ4v) is 2.88. The molecule has 1 fully saturated rings. The molecule has 108 valence electrons. The normalized spacial score (nSPS) is 17.0. The number of carbonyl (C=O) groups is 1. The molecule has 1 amide bonds. The van der Waals surface area contributed by atoms with E-state index in [1.165, 1.54) is 0 Å². The maximum Gasteiger partial charge on any atom is 0.231 e. The van der Waals surface area contributed by atoms with E-state index < -0.39 is 0 Å². The van der Waals surface area contributed by atoms with Crippen LogP contribution < -0.4 is 5.32 Å². The van der Waals surface area contributed by atoms with Gasteiger partial charge in [0.1, 0.15) is 0 Å². The van der Waals surface area contributed by atoms with Gasteiger partial charge in [0, 0.05) is 16.9 Å². The van der Waals surface area contributed by atoms with Crippen LogP contribution in [-0.2, 0) is 10.2 Å². The quantitative estimate of drug-likeness (QED) is 0.917. The second-order valence-corrected chi connectivity index (χ2v) is 6.48. The lowest BCUT2D eigenvalue weighted by Gasteiger charge is -2.20. The van der Waals surface area contributed by atoms with Gasteiger partial charge in [-0.05, 0) is 55.2 Å². The van der Waals surface area contributed by atoms with E-state index in [4.69, 9.17) is 0 Å². The Morgan fingerprint density at radius 3 is 2.38 bits per heavy atom. The van der Waals surface area contributed by atoms with Crippen LogP contribution in [0.15, 0.2) is 53.3 Å². The highest BCUT2D eigenvalue weighted by atomic mass is 79.9. The predicted molar refractivity (Wildman–Crippen MR) is 85.8 cm³/mol. The van der Waals surface area contributed by atoms with Crippen molar-refractivity contribution in [3.63, 3.8) is 0 Å². The molecule has 1 aliphatic carbocycles. The van der Waals surface area contributed by atoms with E-state index in [1.807, 2.05) is 43.3 Å². The first-order valence-corrected chi connectivity index (χ1v) is 7.88. The summed E-state index contributed by atoms with van der Waals surface area (Å²) in [5.74, 6) is 0.120. The zero-order valence-corrected chi connectivity index (χ0v) is 13.4. The molecule has 2 aromatic rings. The molecule has 0 aliphatic heterocycles. The molecule has 0 saturated heterocycles. The maximum atomic E-state index is 12.7. The molecule has 1 aromatic carbocycles. The molecule has 1 N–H and O–H groups in total. The molecular weight excluding hydrogens is 328 g/mol. The second-order valence-electron chi connectivity index (χ2n) is 5.56. The highest BCUT2D eigenvalue weighted by Gasteiger charge is 2.51. The Bertz CT molecular complexity index is 636. The first kappa shape index (κ1) is 14.3. The molecule has 1 heterocycles. The fourth-order valence-electron chi connectivity index (χ4n) is 2.61. The average molecular weight is 345 g/mol. The average Bonchev–Trinajstić information content (AvgIpc) is 3.30. The summed E-state index contributed by atoms with van der Waals surface area (Å²) in [6.45, 7) is 2.00. The molecule has 0 unspecified atom stereocenters. The molecule has 0 spiro atoms. The summed E-state index contributed by atoms with van der Waals surface area (Å²) in [4.78, 5) is 16.7. The van der Waals surface area contributed by atoms with Gasteiger partial charge in [-0.25, -0.2) is 0 Å². The summed E-state index contributed by atoms with van der Waals surface area (Å²) in [6.07, 6.45) is 5.34. The van der Waals surface area contributed by atoms with Crippen LogP contribution in [0.3, 0.4) is 0 Å². The number of aromatic nitrogens is 1. The smallest absolute Gasteiger partial charge is 0.231 e. The SMILES string of the molecule is C[C@@H](NC(=O)C1(c2ccc(Br)cc2)CC1)c1ccncc1. The Hall–Kier alpha value is -1.68. The molecule has 1 aromatic heterocycles. The molecule has 1 atom stereocenters. The number of halogens is 1. The summed E-state index contributed by atoms with van der Waals surface area (Å²) in [5, 5.41) is 3.13. The van der Waals surface area contributed by atoms with Gasteiger partial charge in [0.15, 0.2) is 0 Å². The largest absolute Gasteiger partial charge is 0.349 e. The third-order valence-electron chi connectivity index (χ3n) is 4.14. The minimum absolute atomic E-state index is 0.00609. The van der Waals surface area contributed by atoms with Gasteiger partial charge in [-0.3, -0.25) is 9.78 Å². The standard InChI is InChI=1S/C17H17BrN2O/c1-12(13-6-10-19-11-7-13)20-16(21)17(8-9-17)14-2-4-15(18)5-3-14/h2-7,10-12H,8-9H2,1H3,(H,20,21)/t12-/m1/s1. The number of nitrogens with one attached hydrogen (secondary N) is 1. The number of hydrogen-bond donors (Lipinski definition) is 1. The maximum absolute atomic E-state index is 12.7. The van der Waals surface area contributed by atoms with Crippen LogP contribution >= 0.6 is 15.9 Å². The summed E-state index contributed by atoms with van der Waals surface area (Å²) >= 11 is 3.43. The number of pyridine rings is 1. The third-order valence-corrected chi connectivity index (χ3v) is 4.66. The van der Waals surface area contributed by atoms with Gasteiger partial charge < -0.3 is 5.32 Å². The van der Waals surface area contributed by atoms with Gasteiger partial charge in [0.05, 0.1) is 11.5 Å². The summed E-state index contributed by atoms with van der Waals surface area (Å²) in [5.41, 5.74) is 1.84. The topological polar surface area (TPSA) is 42.0 Å². The summed E-state index contributed by atoms with van der Waals surface area (Å²) < 4.78 is 1.03. The highest BCUT2D eigenvalue weighted by Crippen LogP contribution is 2.48. The van der Waals surface area contributed by atoms with Crippen LogP contribution in [0.2, 0.25) is 0 Å². The van der Waals surface area contributed by atoms with Gasteiger partial charge in [0.25, 0.3) is 0 Å². The Kier molecular flexibility index (Phi) is 3.81. The minimum atomic E-state index is -0.331. The Morgan fingerprint density at radius 1 is 1.19 bits per heavy atom. The Labute approximate surface area is 132 Å². The molecule has 1 saturated carbocycles. The monoisotopic (exact) mass is 344 g/mol. The van der Waals surface area contributed by atoms with Crippen molar-refractivity contribution >= 4 is 21.8 Å². The number of rotatable bonds is 4. The lowest BCUT2D eigenvalue weighted by molar-refractivity contribution is -0.124.